The van der Waals surface area contributed by atoms with Gasteiger partial charge in [-0.25, -0.2) is 0 Å². The van der Waals surface area contributed by atoms with Gasteiger partial charge in [0.25, 0.3) is 0 Å². The lowest BCUT2D eigenvalue weighted by Gasteiger charge is -2.09. The third-order valence-corrected chi connectivity index (χ3v) is 3.64. The summed E-state index contributed by atoms with van der Waals surface area (Å²) in [5.41, 5.74) is 1.26. The highest BCUT2D eigenvalue weighted by atomic mass is 16.5. The van der Waals surface area contributed by atoms with Crippen LogP contribution < -0.4 is 10.2 Å². The summed E-state index contributed by atoms with van der Waals surface area (Å²) >= 11 is 0. The van der Waals surface area contributed by atoms with Crippen LogP contribution in [-0.4, -0.2) is 29.6 Å². The fourth-order valence-corrected chi connectivity index (χ4v) is 2.52. The molecule has 0 amide bonds. The van der Waals surface area contributed by atoms with Crippen molar-refractivity contribution < 1.29 is 19.1 Å². The quantitative estimate of drug-likeness (QED) is 0.587. The lowest BCUT2D eigenvalue weighted by atomic mass is 10.0. The second-order valence-electron chi connectivity index (χ2n) is 5.20. The zero-order chi connectivity index (χ0) is 16.6. The molecule has 0 radical (unpaired) electrons. The first kappa shape index (κ1) is 15.2. The number of pyridine rings is 1. The van der Waals surface area contributed by atoms with Crippen molar-refractivity contribution in [1.29, 1.82) is 0 Å². The fourth-order valence-electron chi connectivity index (χ4n) is 2.52. The van der Waals surface area contributed by atoms with Crippen molar-refractivity contribution in [2.24, 2.45) is 0 Å². The number of methoxy groups -OCH3 is 1. The molecule has 3 rings (SSSR count). The predicted octanol–water partition coefficient (Wildman–Crippen LogP) is 2.22. The molecule has 2 aromatic heterocycles. The Hall–Kier alpha value is -2.73. The maximum Gasteiger partial charge on any atom is 0.202 e. The van der Waals surface area contributed by atoms with E-state index < -0.39 is 0 Å². The van der Waals surface area contributed by atoms with Gasteiger partial charge in [0.2, 0.25) is 5.43 Å². The molecule has 0 spiro atoms. The number of nitrogens with zero attached hydrogens (tertiary/aromatic N) is 1. The molecule has 0 fully saturated rings. The van der Waals surface area contributed by atoms with E-state index in [2.05, 4.69) is 4.98 Å². The van der Waals surface area contributed by atoms with Crippen LogP contribution in [0, 0.1) is 6.92 Å². The minimum atomic E-state index is -0.344. The Balaban J connectivity index is 2.44. The van der Waals surface area contributed by atoms with E-state index in [9.17, 15) is 9.59 Å². The molecule has 0 atom stereocenters. The van der Waals surface area contributed by atoms with Crippen LogP contribution in [0.15, 0.2) is 33.6 Å². The van der Waals surface area contributed by atoms with Crippen molar-refractivity contribution in [3.8, 4) is 5.75 Å². The first-order valence-corrected chi connectivity index (χ1v) is 7.10. The molecule has 2 heterocycles. The van der Waals surface area contributed by atoms with Crippen molar-refractivity contribution in [2.45, 2.75) is 13.3 Å². The molecule has 0 aliphatic rings. The molecule has 1 N–H and O–H groups in total. The Bertz CT molecular complexity index is 974. The molecule has 6 heteroatoms. The Kier molecular flexibility index (Phi) is 3.83. The highest BCUT2D eigenvalue weighted by Crippen LogP contribution is 2.27. The Morgan fingerprint density at radius 1 is 1.30 bits per heavy atom. The molecule has 23 heavy (non-hydrogen) atoms. The Labute approximate surface area is 131 Å². The number of aliphatic hydroxyl groups is 1. The SMILES string of the molecule is COc1cc(C(=O)CCO)c2c(=O)c3cnc(C)cc3oc2c1. The number of carbonyl (C=O) groups excluding carboxylic acids is 1. The van der Waals surface area contributed by atoms with Crippen molar-refractivity contribution in [1.82, 2.24) is 4.98 Å². The molecule has 0 aliphatic heterocycles. The number of rotatable bonds is 4. The maximum atomic E-state index is 12.8. The van der Waals surface area contributed by atoms with E-state index in [1.54, 1.807) is 19.1 Å². The van der Waals surface area contributed by atoms with Gasteiger partial charge in [-0.3, -0.25) is 14.6 Å². The molecular weight excluding hydrogens is 298 g/mol. The largest absolute Gasteiger partial charge is 0.497 e. The number of fused-ring (bicyclic) bond motifs is 2. The van der Waals surface area contributed by atoms with Gasteiger partial charge in [-0.05, 0) is 13.0 Å². The van der Waals surface area contributed by atoms with E-state index in [-0.39, 0.29) is 40.8 Å². The lowest BCUT2D eigenvalue weighted by Crippen LogP contribution is -2.11. The standard InChI is InChI=1S/C17H15NO5/c1-9-5-14-12(8-18-9)17(21)16-11(13(20)3-4-19)6-10(22-2)7-15(16)23-14/h5-8,19H,3-4H2,1-2H3. The second kappa shape index (κ2) is 5.81. The van der Waals surface area contributed by atoms with Crippen molar-refractivity contribution in [3.05, 3.63) is 45.9 Å². The number of benzene rings is 1. The van der Waals surface area contributed by atoms with Crippen LogP contribution in [0.2, 0.25) is 0 Å². The zero-order valence-corrected chi connectivity index (χ0v) is 12.8. The lowest BCUT2D eigenvalue weighted by molar-refractivity contribution is 0.0958. The summed E-state index contributed by atoms with van der Waals surface area (Å²) in [7, 11) is 1.47. The number of aromatic nitrogens is 1. The molecule has 0 saturated carbocycles. The number of aryl methyl sites for hydroxylation is 1. The molecule has 3 aromatic rings. The Morgan fingerprint density at radius 2 is 2.09 bits per heavy atom. The van der Waals surface area contributed by atoms with Crippen LogP contribution in [0.25, 0.3) is 21.9 Å². The van der Waals surface area contributed by atoms with Gasteiger partial charge >= 0.3 is 0 Å². The normalized spacial score (nSPS) is 11.1. The molecule has 0 aliphatic carbocycles. The van der Waals surface area contributed by atoms with Crippen LogP contribution >= 0.6 is 0 Å². The summed E-state index contributed by atoms with van der Waals surface area (Å²) < 4.78 is 11.0. The predicted molar refractivity (Wildman–Crippen MR) is 85.1 cm³/mol. The highest BCUT2D eigenvalue weighted by molar-refractivity contribution is 6.09. The molecule has 0 bridgehead atoms. The average molecular weight is 313 g/mol. The maximum absolute atomic E-state index is 12.8. The Morgan fingerprint density at radius 3 is 2.78 bits per heavy atom. The van der Waals surface area contributed by atoms with Gasteiger partial charge in [-0.15, -0.1) is 0 Å². The number of ether oxygens (including phenoxy) is 1. The number of aliphatic hydroxyl groups excluding tert-OH is 1. The van der Waals surface area contributed by atoms with Crippen LogP contribution in [0.1, 0.15) is 22.5 Å². The summed E-state index contributed by atoms with van der Waals surface area (Å²) in [5, 5.41) is 9.50. The summed E-state index contributed by atoms with van der Waals surface area (Å²) in [4.78, 5) is 29.1. The van der Waals surface area contributed by atoms with Gasteiger partial charge in [0, 0.05) is 36.0 Å². The van der Waals surface area contributed by atoms with E-state index in [4.69, 9.17) is 14.3 Å². The minimum absolute atomic E-state index is 0.0775. The summed E-state index contributed by atoms with van der Waals surface area (Å²) in [5.74, 6) is 0.0650. The summed E-state index contributed by atoms with van der Waals surface area (Å²) in [6.07, 6.45) is 1.37. The first-order chi connectivity index (χ1) is 11.0. The van der Waals surface area contributed by atoms with E-state index in [1.165, 1.54) is 19.4 Å². The van der Waals surface area contributed by atoms with Crippen LogP contribution in [-0.2, 0) is 0 Å². The van der Waals surface area contributed by atoms with Gasteiger partial charge < -0.3 is 14.3 Å². The molecule has 6 nitrogen and oxygen atoms in total. The van der Waals surface area contributed by atoms with Gasteiger partial charge in [-0.1, -0.05) is 0 Å². The first-order valence-electron chi connectivity index (χ1n) is 7.10. The monoisotopic (exact) mass is 313 g/mol. The van der Waals surface area contributed by atoms with E-state index >= 15 is 0 Å². The van der Waals surface area contributed by atoms with Crippen LogP contribution in [0.3, 0.4) is 0 Å². The van der Waals surface area contributed by atoms with Crippen LogP contribution in [0.4, 0.5) is 0 Å². The third-order valence-electron chi connectivity index (χ3n) is 3.64. The number of hydrogen-bond acceptors (Lipinski definition) is 6. The molecule has 118 valence electrons. The molecular formula is C17H15NO5. The third kappa shape index (κ3) is 2.57. The van der Waals surface area contributed by atoms with E-state index in [0.717, 1.165) is 5.69 Å². The molecule has 1 aromatic carbocycles. The zero-order valence-electron chi connectivity index (χ0n) is 12.8. The number of hydrogen-bond donors (Lipinski definition) is 1. The fraction of sp³-hybridized carbons (Fsp3) is 0.235. The van der Waals surface area contributed by atoms with Crippen molar-refractivity contribution in [2.75, 3.05) is 13.7 Å². The van der Waals surface area contributed by atoms with Gasteiger partial charge in [0.05, 0.1) is 24.5 Å². The van der Waals surface area contributed by atoms with Crippen molar-refractivity contribution >= 4 is 27.7 Å². The van der Waals surface area contributed by atoms with Gasteiger partial charge in [-0.2, -0.15) is 0 Å². The van der Waals surface area contributed by atoms with E-state index in [0.29, 0.717) is 16.7 Å². The smallest absolute Gasteiger partial charge is 0.202 e. The summed E-state index contributed by atoms with van der Waals surface area (Å²) in [6.45, 7) is 1.50. The highest BCUT2D eigenvalue weighted by Gasteiger charge is 2.18. The molecule has 0 unspecified atom stereocenters. The minimum Gasteiger partial charge on any atom is -0.497 e. The number of ketones is 1. The van der Waals surface area contributed by atoms with E-state index in [1.807, 2.05) is 0 Å². The van der Waals surface area contributed by atoms with Crippen LogP contribution in [0.5, 0.6) is 5.75 Å². The van der Waals surface area contributed by atoms with Gasteiger partial charge in [0.15, 0.2) is 5.78 Å². The van der Waals surface area contributed by atoms with Gasteiger partial charge in [0.1, 0.15) is 16.9 Å². The second-order valence-corrected chi connectivity index (χ2v) is 5.20. The number of carbonyl (C=O) groups is 1. The number of Topliss-reactive ketones (excluding diaryl/α,β-unsaturated/α-hetero) is 1. The average Bonchev–Trinajstić information content (AvgIpc) is 2.53. The van der Waals surface area contributed by atoms with Crippen molar-refractivity contribution in [3.63, 3.8) is 0 Å². The molecule has 0 saturated heterocycles. The topological polar surface area (TPSA) is 89.6 Å². The summed E-state index contributed by atoms with van der Waals surface area (Å²) in [6, 6.07) is 4.73.